The Kier molecular flexibility index (Phi) is 3.48. The molecule has 0 radical (unpaired) electrons. The first kappa shape index (κ1) is 10.1. The Morgan fingerprint density at radius 1 is 1.43 bits per heavy atom. The highest BCUT2D eigenvalue weighted by atomic mass is 32.1. The van der Waals surface area contributed by atoms with Gasteiger partial charge in [-0.15, -0.1) is 5.10 Å². The number of aromatic nitrogens is 2. The van der Waals surface area contributed by atoms with Crippen LogP contribution >= 0.6 is 11.5 Å². The minimum atomic E-state index is 0.108. The average molecular weight is 211 g/mol. The first-order valence-electron chi connectivity index (χ1n) is 5.39. The normalized spacial score (nSPS) is 20.9. The number of rotatable bonds is 3. The smallest absolute Gasteiger partial charge is 0.0922 e. The molecule has 0 amide bonds. The lowest BCUT2D eigenvalue weighted by Crippen LogP contribution is -2.17. The van der Waals surface area contributed by atoms with E-state index in [2.05, 4.69) is 9.59 Å². The molecule has 0 aliphatic heterocycles. The van der Waals surface area contributed by atoms with E-state index in [0.717, 1.165) is 18.0 Å². The summed E-state index contributed by atoms with van der Waals surface area (Å²) in [5.74, 6) is 0.820. The van der Waals surface area contributed by atoms with Gasteiger partial charge in [0.15, 0.2) is 0 Å². The van der Waals surface area contributed by atoms with Crippen LogP contribution < -0.4 is 5.73 Å². The van der Waals surface area contributed by atoms with Crippen LogP contribution in [0.25, 0.3) is 0 Å². The van der Waals surface area contributed by atoms with Crippen molar-refractivity contribution in [3.05, 3.63) is 11.1 Å². The van der Waals surface area contributed by atoms with Gasteiger partial charge in [0.05, 0.1) is 11.7 Å². The molecule has 1 heterocycles. The standard InChI is InChI=1S/C10H17N3S/c11-9(10-7-14-13-12-10)6-8-4-2-1-3-5-8/h7-9H,1-6,11H2. The van der Waals surface area contributed by atoms with Gasteiger partial charge >= 0.3 is 0 Å². The summed E-state index contributed by atoms with van der Waals surface area (Å²) >= 11 is 1.39. The highest BCUT2D eigenvalue weighted by molar-refractivity contribution is 7.03. The molecule has 14 heavy (non-hydrogen) atoms. The second-order valence-electron chi connectivity index (χ2n) is 4.18. The van der Waals surface area contributed by atoms with Crippen molar-refractivity contribution in [1.29, 1.82) is 0 Å². The van der Waals surface area contributed by atoms with E-state index in [4.69, 9.17) is 5.73 Å². The van der Waals surface area contributed by atoms with E-state index in [-0.39, 0.29) is 6.04 Å². The minimum absolute atomic E-state index is 0.108. The Labute approximate surface area is 88.9 Å². The maximum absolute atomic E-state index is 6.07. The number of hydrogen-bond donors (Lipinski definition) is 1. The third-order valence-electron chi connectivity index (χ3n) is 3.07. The SMILES string of the molecule is NC(CC1CCCCC1)c1csnn1. The second-order valence-corrected chi connectivity index (χ2v) is 4.79. The number of hydrogen-bond acceptors (Lipinski definition) is 4. The van der Waals surface area contributed by atoms with E-state index in [0.29, 0.717) is 0 Å². The molecule has 1 aliphatic carbocycles. The number of nitrogens with two attached hydrogens (primary N) is 1. The van der Waals surface area contributed by atoms with E-state index >= 15 is 0 Å². The Balaban J connectivity index is 1.84. The van der Waals surface area contributed by atoms with E-state index in [9.17, 15) is 0 Å². The maximum atomic E-state index is 6.07. The molecule has 0 spiro atoms. The maximum Gasteiger partial charge on any atom is 0.0922 e. The highest BCUT2D eigenvalue weighted by Crippen LogP contribution is 2.30. The summed E-state index contributed by atoms with van der Waals surface area (Å²) in [6.07, 6.45) is 7.96. The fourth-order valence-electron chi connectivity index (χ4n) is 2.24. The van der Waals surface area contributed by atoms with Crippen LogP contribution in [0.3, 0.4) is 0 Å². The van der Waals surface area contributed by atoms with Gasteiger partial charge in [0.25, 0.3) is 0 Å². The third-order valence-corrected chi connectivity index (χ3v) is 3.59. The fourth-order valence-corrected chi connectivity index (χ4v) is 2.75. The van der Waals surface area contributed by atoms with Crippen LogP contribution in [0.1, 0.15) is 50.3 Å². The predicted molar refractivity (Wildman–Crippen MR) is 58.0 cm³/mol. The summed E-state index contributed by atoms with van der Waals surface area (Å²) in [6.45, 7) is 0. The molecule has 1 saturated carbocycles. The largest absolute Gasteiger partial charge is 0.323 e. The fraction of sp³-hybridized carbons (Fsp3) is 0.800. The lowest BCUT2D eigenvalue weighted by atomic mass is 9.84. The van der Waals surface area contributed by atoms with Crippen LogP contribution in [0.2, 0.25) is 0 Å². The van der Waals surface area contributed by atoms with Crippen molar-refractivity contribution in [2.75, 3.05) is 0 Å². The van der Waals surface area contributed by atoms with Gasteiger partial charge in [0.1, 0.15) is 0 Å². The van der Waals surface area contributed by atoms with Crippen LogP contribution in [0, 0.1) is 5.92 Å². The summed E-state index contributed by atoms with van der Waals surface area (Å²) in [5, 5.41) is 5.99. The summed E-state index contributed by atoms with van der Waals surface area (Å²) < 4.78 is 3.85. The Hall–Kier alpha value is -0.480. The first-order chi connectivity index (χ1) is 6.86. The third kappa shape index (κ3) is 2.51. The molecule has 0 bridgehead atoms. The van der Waals surface area contributed by atoms with E-state index < -0.39 is 0 Å². The predicted octanol–water partition coefficient (Wildman–Crippen LogP) is 2.51. The molecule has 1 atom stereocenters. The number of nitrogens with zero attached hydrogens (tertiary/aromatic N) is 2. The van der Waals surface area contributed by atoms with Crippen molar-refractivity contribution in [1.82, 2.24) is 9.59 Å². The van der Waals surface area contributed by atoms with E-state index in [1.165, 1.54) is 43.6 Å². The summed E-state index contributed by atoms with van der Waals surface area (Å²) in [5.41, 5.74) is 7.05. The summed E-state index contributed by atoms with van der Waals surface area (Å²) in [6, 6.07) is 0.108. The van der Waals surface area contributed by atoms with E-state index in [1.807, 2.05) is 5.38 Å². The minimum Gasteiger partial charge on any atom is -0.323 e. The van der Waals surface area contributed by atoms with Crippen LogP contribution in [0.4, 0.5) is 0 Å². The van der Waals surface area contributed by atoms with Crippen molar-refractivity contribution in [2.24, 2.45) is 11.7 Å². The molecule has 0 saturated heterocycles. The molecule has 2 N–H and O–H groups in total. The van der Waals surface area contributed by atoms with Gasteiger partial charge in [-0.05, 0) is 23.9 Å². The molecular weight excluding hydrogens is 194 g/mol. The zero-order chi connectivity index (χ0) is 9.80. The molecule has 1 fully saturated rings. The van der Waals surface area contributed by atoms with Crippen molar-refractivity contribution < 1.29 is 0 Å². The quantitative estimate of drug-likeness (QED) is 0.835. The van der Waals surface area contributed by atoms with Gasteiger partial charge in [0, 0.05) is 5.38 Å². The van der Waals surface area contributed by atoms with E-state index in [1.54, 1.807) is 0 Å². The lowest BCUT2D eigenvalue weighted by Gasteiger charge is -2.23. The Morgan fingerprint density at radius 2 is 2.21 bits per heavy atom. The molecule has 2 rings (SSSR count). The molecular formula is C10H17N3S. The molecule has 1 unspecified atom stereocenters. The van der Waals surface area contributed by atoms with Crippen molar-refractivity contribution in [2.45, 2.75) is 44.6 Å². The van der Waals surface area contributed by atoms with Crippen molar-refractivity contribution in [3.8, 4) is 0 Å². The summed E-state index contributed by atoms with van der Waals surface area (Å²) in [7, 11) is 0. The lowest BCUT2D eigenvalue weighted by molar-refractivity contribution is 0.317. The second kappa shape index (κ2) is 4.84. The van der Waals surface area contributed by atoms with Gasteiger partial charge < -0.3 is 5.73 Å². The van der Waals surface area contributed by atoms with Crippen LogP contribution in [-0.4, -0.2) is 9.59 Å². The van der Waals surface area contributed by atoms with Gasteiger partial charge in [-0.25, -0.2) is 0 Å². The molecule has 0 aromatic carbocycles. The molecule has 4 heteroatoms. The topological polar surface area (TPSA) is 51.8 Å². The summed E-state index contributed by atoms with van der Waals surface area (Å²) in [4.78, 5) is 0. The van der Waals surface area contributed by atoms with Crippen molar-refractivity contribution >= 4 is 11.5 Å². The Morgan fingerprint density at radius 3 is 2.86 bits per heavy atom. The first-order valence-corrected chi connectivity index (χ1v) is 6.22. The highest BCUT2D eigenvalue weighted by Gasteiger charge is 2.18. The Bertz CT molecular complexity index is 254. The zero-order valence-corrected chi connectivity index (χ0v) is 9.17. The monoisotopic (exact) mass is 211 g/mol. The average Bonchev–Trinajstić information content (AvgIpc) is 2.72. The van der Waals surface area contributed by atoms with Crippen LogP contribution in [0.5, 0.6) is 0 Å². The molecule has 78 valence electrons. The van der Waals surface area contributed by atoms with Gasteiger partial charge in [0.2, 0.25) is 0 Å². The van der Waals surface area contributed by atoms with Gasteiger partial charge in [-0.3, -0.25) is 0 Å². The molecule has 1 aromatic heterocycles. The van der Waals surface area contributed by atoms with Gasteiger partial charge in [-0.1, -0.05) is 36.6 Å². The molecule has 1 aliphatic rings. The molecule has 1 aromatic rings. The van der Waals surface area contributed by atoms with Crippen LogP contribution in [-0.2, 0) is 0 Å². The molecule has 3 nitrogen and oxygen atoms in total. The van der Waals surface area contributed by atoms with Crippen molar-refractivity contribution in [3.63, 3.8) is 0 Å². The van der Waals surface area contributed by atoms with Crippen LogP contribution in [0.15, 0.2) is 5.38 Å². The van der Waals surface area contributed by atoms with Gasteiger partial charge in [-0.2, -0.15) is 0 Å². The zero-order valence-electron chi connectivity index (χ0n) is 8.35.